The zero-order chi connectivity index (χ0) is 12.8. The second-order valence-electron chi connectivity index (χ2n) is 4.06. The fraction of sp³-hybridized carbons (Fsp3) is 0.385. The van der Waals surface area contributed by atoms with E-state index in [4.69, 9.17) is 4.74 Å². The van der Waals surface area contributed by atoms with E-state index in [1.54, 1.807) is 24.3 Å². The van der Waals surface area contributed by atoms with Gasteiger partial charge in [-0.25, -0.2) is 0 Å². The van der Waals surface area contributed by atoms with Crippen molar-refractivity contribution in [2.24, 2.45) is 0 Å². The smallest absolute Gasteiger partial charge is 0.303 e. The molecule has 17 heavy (non-hydrogen) atoms. The maximum Gasteiger partial charge on any atom is 0.303 e. The van der Waals surface area contributed by atoms with Crippen LogP contribution in [-0.4, -0.2) is 17.9 Å². The molecule has 1 aromatic rings. The SMILES string of the molecule is CC(=O)OC(C(=O)NC(C)C)c1ccccc1. The summed E-state index contributed by atoms with van der Waals surface area (Å²) < 4.78 is 5.05. The van der Waals surface area contributed by atoms with Gasteiger partial charge in [-0.3, -0.25) is 9.59 Å². The summed E-state index contributed by atoms with van der Waals surface area (Å²) in [6.45, 7) is 5.00. The number of amides is 1. The van der Waals surface area contributed by atoms with E-state index in [-0.39, 0.29) is 11.9 Å². The van der Waals surface area contributed by atoms with Gasteiger partial charge in [-0.2, -0.15) is 0 Å². The highest BCUT2D eigenvalue weighted by Crippen LogP contribution is 2.17. The van der Waals surface area contributed by atoms with E-state index in [0.29, 0.717) is 5.56 Å². The average molecular weight is 235 g/mol. The number of nitrogens with one attached hydrogen (secondary N) is 1. The van der Waals surface area contributed by atoms with Gasteiger partial charge in [0.05, 0.1) is 0 Å². The van der Waals surface area contributed by atoms with Crippen LogP contribution in [0.2, 0.25) is 0 Å². The molecule has 1 N–H and O–H groups in total. The Balaban J connectivity index is 2.88. The molecule has 1 aromatic carbocycles. The highest BCUT2D eigenvalue weighted by molar-refractivity contribution is 5.84. The number of benzene rings is 1. The number of rotatable bonds is 4. The Bertz CT molecular complexity index is 387. The van der Waals surface area contributed by atoms with Gasteiger partial charge >= 0.3 is 5.97 Å². The van der Waals surface area contributed by atoms with E-state index >= 15 is 0 Å². The molecular formula is C13H17NO3. The summed E-state index contributed by atoms with van der Waals surface area (Å²) in [5, 5.41) is 2.73. The number of carbonyl (C=O) groups excluding carboxylic acids is 2. The van der Waals surface area contributed by atoms with Crippen molar-refractivity contribution in [3.05, 3.63) is 35.9 Å². The Morgan fingerprint density at radius 1 is 1.18 bits per heavy atom. The predicted octanol–water partition coefficient (Wildman–Crippen LogP) is 1.82. The Labute approximate surface area is 101 Å². The number of carbonyl (C=O) groups is 2. The van der Waals surface area contributed by atoms with Gasteiger partial charge in [0.1, 0.15) is 0 Å². The van der Waals surface area contributed by atoms with Crippen LogP contribution in [0.5, 0.6) is 0 Å². The van der Waals surface area contributed by atoms with E-state index in [1.807, 2.05) is 19.9 Å². The summed E-state index contributed by atoms with van der Waals surface area (Å²) >= 11 is 0. The van der Waals surface area contributed by atoms with E-state index < -0.39 is 12.1 Å². The lowest BCUT2D eigenvalue weighted by molar-refractivity contribution is -0.154. The number of hydrogen-bond acceptors (Lipinski definition) is 3. The zero-order valence-corrected chi connectivity index (χ0v) is 10.3. The predicted molar refractivity (Wildman–Crippen MR) is 64.2 cm³/mol. The summed E-state index contributed by atoms with van der Waals surface area (Å²) in [5.41, 5.74) is 0.667. The van der Waals surface area contributed by atoms with Crippen molar-refractivity contribution in [2.75, 3.05) is 0 Å². The highest BCUT2D eigenvalue weighted by atomic mass is 16.5. The fourth-order valence-corrected chi connectivity index (χ4v) is 1.43. The van der Waals surface area contributed by atoms with Crippen LogP contribution in [0.3, 0.4) is 0 Å². The molecule has 1 unspecified atom stereocenters. The first kappa shape index (κ1) is 13.2. The molecule has 4 heteroatoms. The quantitative estimate of drug-likeness (QED) is 0.810. The monoisotopic (exact) mass is 235 g/mol. The summed E-state index contributed by atoms with van der Waals surface area (Å²) in [6.07, 6.45) is -0.879. The first-order valence-electron chi connectivity index (χ1n) is 5.53. The molecule has 0 bridgehead atoms. The van der Waals surface area contributed by atoms with Gasteiger partial charge in [0, 0.05) is 18.5 Å². The lowest BCUT2D eigenvalue weighted by Crippen LogP contribution is -2.36. The summed E-state index contributed by atoms with van der Waals surface area (Å²) in [6, 6.07) is 8.96. The molecule has 0 saturated heterocycles. The van der Waals surface area contributed by atoms with Gasteiger partial charge in [0.15, 0.2) is 0 Å². The van der Waals surface area contributed by atoms with Crippen LogP contribution in [0, 0.1) is 0 Å². The van der Waals surface area contributed by atoms with Crippen LogP contribution in [0.4, 0.5) is 0 Å². The third-order valence-corrected chi connectivity index (χ3v) is 2.06. The van der Waals surface area contributed by atoms with Crippen molar-refractivity contribution in [1.29, 1.82) is 0 Å². The molecule has 0 aliphatic carbocycles. The number of ether oxygens (including phenoxy) is 1. The summed E-state index contributed by atoms with van der Waals surface area (Å²) in [7, 11) is 0. The van der Waals surface area contributed by atoms with Crippen molar-refractivity contribution < 1.29 is 14.3 Å². The lowest BCUT2D eigenvalue weighted by Gasteiger charge is -2.18. The summed E-state index contributed by atoms with van der Waals surface area (Å²) in [4.78, 5) is 22.9. The third kappa shape index (κ3) is 4.26. The van der Waals surface area contributed by atoms with Crippen LogP contribution in [0.15, 0.2) is 30.3 Å². The van der Waals surface area contributed by atoms with Gasteiger partial charge in [0.25, 0.3) is 5.91 Å². The average Bonchev–Trinajstić information content (AvgIpc) is 2.25. The van der Waals surface area contributed by atoms with E-state index in [2.05, 4.69) is 5.32 Å². The van der Waals surface area contributed by atoms with Gasteiger partial charge in [-0.05, 0) is 13.8 Å². The Morgan fingerprint density at radius 2 is 1.76 bits per heavy atom. The fourth-order valence-electron chi connectivity index (χ4n) is 1.43. The van der Waals surface area contributed by atoms with Crippen molar-refractivity contribution >= 4 is 11.9 Å². The minimum Gasteiger partial charge on any atom is -0.447 e. The molecular weight excluding hydrogens is 218 g/mol. The van der Waals surface area contributed by atoms with Crippen molar-refractivity contribution in [3.63, 3.8) is 0 Å². The molecule has 0 heterocycles. The molecule has 1 atom stereocenters. The topological polar surface area (TPSA) is 55.4 Å². The van der Waals surface area contributed by atoms with Crippen LogP contribution >= 0.6 is 0 Å². The van der Waals surface area contributed by atoms with Gasteiger partial charge < -0.3 is 10.1 Å². The minimum absolute atomic E-state index is 0.00395. The van der Waals surface area contributed by atoms with E-state index in [0.717, 1.165) is 0 Å². The van der Waals surface area contributed by atoms with E-state index in [9.17, 15) is 9.59 Å². The van der Waals surface area contributed by atoms with E-state index in [1.165, 1.54) is 6.92 Å². The molecule has 0 aliphatic heterocycles. The molecule has 0 fully saturated rings. The number of hydrogen-bond donors (Lipinski definition) is 1. The van der Waals surface area contributed by atoms with Crippen molar-refractivity contribution in [1.82, 2.24) is 5.32 Å². The maximum atomic E-state index is 11.9. The van der Waals surface area contributed by atoms with Gasteiger partial charge in [-0.1, -0.05) is 30.3 Å². The number of esters is 1. The van der Waals surface area contributed by atoms with Crippen LogP contribution in [0.1, 0.15) is 32.4 Å². The van der Waals surface area contributed by atoms with Gasteiger partial charge in [-0.15, -0.1) is 0 Å². The standard InChI is InChI=1S/C13H17NO3/c1-9(2)14-13(16)12(17-10(3)15)11-7-5-4-6-8-11/h4-9,12H,1-3H3,(H,14,16). The molecule has 1 rings (SSSR count). The van der Waals surface area contributed by atoms with Crippen LogP contribution < -0.4 is 5.32 Å². The second kappa shape index (κ2) is 6.03. The largest absolute Gasteiger partial charge is 0.447 e. The minimum atomic E-state index is -0.879. The van der Waals surface area contributed by atoms with Crippen molar-refractivity contribution in [3.8, 4) is 0 Å². The highest BCUT2D eigenvalue weighted by Gasteiger charge is 2.23. The zero-order valence-electron chi connectivity index (χ0n) is 10.3. The molecule has 1 amide bonds. The first-order valence-corrected chi connectivity index (χ1v) is 5.53. The molecule has 0 saturated carbocycles. The first-order chi connectivity index (χ1) is 8.00. The normalized spacial score (nSPS) is 12.0. The van der Waals surface area contributed by atoms with Crippen LogP contribution in [0.25, 0.3) is 0 Å². The second-order valence-corrected chi connectivity index (χ2v) is 4.06. The Kier molecular flexibility index (Phi) is 4.69. The Hall–Kier alpha value is -1.84. The van der Waals surface area contributed by atoms with Crippen LogP contribution in [-0.2, 0) is 14.3 Å². The molecule has 0 aromatic heterocycles. The molecule has 0 spiro atoms. The van der Waals surface area contributed by atoms with Gasteiger partial charge in [0.2, 0.25) is 6.10 Å². The maximum absolute atomic E-state index is 11.9. The lowest BCUT2D eigenvalue weighted by atomic mass is 10.1. The molecule has 92 valence electrons. The summed E-state index contributed by atoms with van der Waals surface area (Å²) in [5.74, 6) is -0.779. The molecule has 0 aliphatic rings. The van der Waals surface area contributed by atoms with Crippen molar-refractivity contribution in [2.45, 2.75) is 32.9 Å². The molecule has 0 radical (unpaired) electrons. The molecule has 4 nitrogen and oxygen atoms in total. The Morgan fingerprint density at radius 3 is 2.24 bits per heavy atom. The third-order valence-electron chi connectivity index (χ3n) is 2.06.